The zero-order valence-corrected chi connectivity index (χ0v) is 17.2. The first-order chi connectivity index (χ1) is 15.5. The number of oxazole rings is 1. The number of hydrogen-bond donors (Lipinski definition) is 1. The van der Waals surface area contributed by atoms with Gasteiger partial charge in [-0.15, -0.1) is 0 Å². The van der Waals surface area contributed by atoms with E-state index >= 15 is 0 Å². The second-order valence-corrected chi connectivity index (χ2v) is 7.52. The third-order valence-corrected chi connectivity index (χ3v) is 5.39. The average Bonchev–Trinajstić information content (AvgIpc) is 3.24. The van der Waals surface area contributed by atoms with Crippen molar-refractivity contribution in [3.05, 3.63) is 99.6 Å². The summed E-state index contributed by atoms with van der Waals surface area (Å²) in [5, 5.41) is 15.9. The number of benzene rings is 4. The van der Waals surface area contributed by atoms with E-state index in [0.717, 1.165) is 22.4 Å². The van der Waals surface area contributed by atoms with Crippen molar-refractivity contribution in [1.29, 1.82) is 0 Å². The first kappa shape index (κ1) is 19.7. The molecule has 0 aliphatic heterocycles. The van der Waals surface area contributed by atoms with Crippen LogP contribution >= 0.6 is 11.6 Å². The van der Waals surface area contributed by atoms with E-state index in [1.807, 2.05) is 42.5 Å². The van der Waals surface area contributed by atoms with Crippen molar-refractivity contribution in [2.45, 2.75) is 0 Å². The number of carbonyl (C=O) groups excluding carboxylic acids is 1. The van der Waals surface area contributed by atoms with Gasteiger partial charge in [0, 0.05) is 28.8 Å². The van der Waals surface area contributed by atoms with E-state index < -0.39 is 10.8 Å². The summed E-state index contributed by atoms with van der Waals surface area (Å²) in [6.45, 7) is 0. The number of halogens is 1. The molecule has 0 atom stereocenters. The Kier molecular flexibility index (Phi) is 4.80. The molecule has 0 aliphatic carbocycles. The number of nitrogens with zero attached hydrogens (tertiary/aromatic N) is 2. The van der Waals surface area contributed by atoms with Crippen molar-refractivity contribution in [2.24, 2.45) is 0 Å². The minimum atomic E-state index is -0.579. The maximum absolute atomic E-state index is 12.7. The molecule has 1 aromatic heterocycles. The molecule has 156 valence electrons. The van der Waals surface area contributed by atoms with Crippen molar-refractivity contribution in [2.75, 3.05) is 5.32 Å². The molecule has 0 spiro atoms. The highest BCUT2D eigenvalue weighted by atomic mass is 35.5. The van der Waals surface area contributed by atoms with Crippen LogP contribution in [0.2, 0.25) is 5.02 Å². The number of nitrogens with one attached hydrogen (secondary N) is 1. The zero-order valence-electron chi connectivity index (χ0n) is 16.4. The zero-order chi connectivity index (χ0) is 22.2. The van der Waals surface area contributed by atoms with Crippen LogP contribution in [0.5, 0.6) is 0 Å². The smallest absolute Gasteiger partial charge is 0.270 e. The molecule has 0 radical (unpaired) electrons. The molecule has 0 aliphatic rings. The minimum absolute atomic E-state index is 0.0135. The molecule has 4 aromatic carbocycles. The number of fused-ring (bicyclic) bond motifs is 3. The van der Waals surface area contributed by atoms with E-state index in [9.17, 15) is 14.9 Å². The highest BCUT2D eigenvalue weighted by Crippen LogP contribution is 2.31. The summed E-state index contributed by atoms with van der Waals surface area (Å²) >= 11 is 6.07. The third kappa shape index (κ3) is 3.55. The summed E-state index contributed by atoms with van der Waals surface area (Å²) in [7, 11) is 0. The largest absolute Gasteiger partial charge is 0.436 e. The topological polar surface area (TPSA) is 98.3 Å². The number of rotatable bonds is 4. The Morgan fingerprint density at radius 3 is 2.69 bits per heavy atom. The molecule has 5 rings (SSSR count). The molecule has 1 amide bonds. The first-order valence-electron chi connectivity index (χ1n) is 9.63. The van der Waals surface area contributed by atoms with Gasteiger partial charge in [-0.3, -0.25) is 14.9 Å². The van der Waals surface area contributed by atoms with Crippen LogP contribution in [0.3, 0.4) is 0 Å². The number of aromatic nitrogens is 1. The normalized spacial score (nSPS) is 11.0. The fraction of sp³-hybridized carbons (Fsp3) is 0. The molecule has 32 heavy (non-hydrogen) atoms. The van der Waals surface area contributed by atoms with Crippen LogP contribution in [0.4, 0.5) is 11.4 Å². The molecule has 0 unspecified atom stereocenters. The predicted molar refractivity (Wildman–Crippen MR) is 123 cm³/mol. The predicted octanol–water partition coefficient (Wildman–Crippen LogP) is 6.46. The molecule has 0 bridgehead atoms. The molecule has 1 heterocycles. The van der Waals surface area contributed by atoms with Gasteiger partial charge in [0.25, 0.3) is 11.6 Å². The van der Waals surface area contributed by atoms with Gasteiger partial charge in [0.2, 0.25) is 5.89 Å². The maximum Gasteiger partial charge on any atom is 0.270 e. The lowest BCUT2D eigenvalue weighted by molar-refractivity contribution is -0.384. The maximum atomic E-state index is 12.7. The molecular formula is C24H14ClN3O4. The number of nitro groups is 1. The fourth-order valence-corrected chi connectivity index (χ4v) is 3.72. The third-order valence-electron chi connectivity index (χ3n) is 5.06. The second kappa shape index (κ2) is 7.79. The van der Waals surface area contributed by atoms with Crippen molar-refractivity contribution >= 4 is 50.8 Å². The summed E-state index contributed by atoms with van der Waals surface area (Å²) in [4.78, 5) is 27.8. The van der Waals surface area contributed by atoms with E-state index in [1.165, 1.54) is 12.1 Å². The average molecular weight is 444 g/mol. The quantitative estimate of drug-likeness (QED) is 0.254. The fourth-order valence-electron chi connectivity index (χ4n) is 3.51. The van der Waals surface area contributed by atoms with Gasteiger partial charge in [-0.25, -0.2) is 4.98 Å². The number of amides is 1. The lowest BCUT2D eigenvalue weighted by Gasteiger charge is -2.07. The monoisotopic (exact) mass is 443 g/mol. The Morgan fingerprint density at radius 1 is 1.00 bits per heavy atom. The number of carbonyl (C=O) groups is 1. The van der Waals surface area contributed by atoms with E-state index in [-0.39, 0.29) is 16.3 Å². The van der Waals surface area contributed by atoms with Crippen LogP contribution in [-0.4, -0.2) is 15.8 Å². The minimum Gasteiger partial charge on any atom is -0.436 e. The number of nitro benzene ring substituents is 1. The van der Waals surface area contributed by atoms with Gasteiger partial charge in [-0.1, -0.05) is 48.0 Å². The molecule has 0 fully saturated rings. The molecule has 1 N–H and O–H groups in total. The van der Waals surface area contributed by atoms with Gasteiger partial charge < -0.3 is 9.73 Å². The van der Waals surface area contributed by atoms with Gasteiger partial charge in [0.15, 0.2) is 5.58 Å². The highest BCUT2D eigenvalue weighted by molar-refractivity contribution is 6.34. The standard InChI is InChI=1S/C24H14ClN3O4/c25-20-10-9-17(28(30)31)13-19(20)23(29)26-16-6-3-5-15(12-16)24-27-22-18-7-2-1-4-14(18)8-11-21(22)32-24/h1-13H,(H,26,29). The summed E-state index contributed by atoms with van der Waals surface area (Å²) in [5.41, 5.74) is 2.37. The summed E-state index contributed by atoms with van der Waals surface area (Å²) in [6.07, 6.45) is 0. The lowest BCUT2D eigenvalue weighted by Crippen LogP contribution is -2.12. The summed E-state index contributed by atoms with van der Waals surface area (Å²) in [6, 6.07) is 22.5. The highest BCUT2D eigenvalue weighted by Gasteiger charge is 2.17. The summed E-state index contributed by atoms with van der Waals surface area (Å²) < 4.78 is 5.95. The Balaban J connectivity index is 1.48. The van der Waals surface area contributed by atoms with E-state index in [0.29, 0.717) is 22.7 Å². The molecule has 5 aromatic rings. The number of anilines is 1. The van der Waals surface area contributed by atoms with Crippen LogP contribution in [-0.2, 0) is 0 Å². The van der Waals surface area contributed by atoms with Crippen molar-refractivity contribution in [3.8, 4) is 11.5 Å². The van der Waals surface area contributed by atoms with E-state index in [1.54, 1.807) is 18.2 Å². The van der Waals surface area contributed by atoms with Gasteiger partial charge in [-0.05, 0) is 35.7 Å². The van der Waals surface area contributed by atoms with Gasteiger partial charge in [0.1, 0.15) is 5.52 Å². The van der Waals surface area contributed by atoms with Crippen molar-refractivity contribution < 1.29 is 14.1 Å². The van der Waals surface area contributed by atoms with E-state index in [2.05, 4.69) is 10.3 Å². The summed E-state index contributed by atoms with van der Waals surface area (Å²) in [5.74, 6) is -0.139. The second-order valence-electron chi connectivity index (χ2n) is 7.11. The Morgan fingerprint density at radius 2 is 1.84 bits per heavy atom. The molecule has 8 heteroatoms. The van der Waals surface area contributed by atoms with Crippen molar-refractivity contribution in [3.63, 3.8) is 0 Å². The Bertz CT molecular complexity index is 1530. The van der Waals surface area contributed by atoms with Gasteiger partial charge in [0.05, 0.1) is 15.5 Å². The Labute approximate surface area is 186 Å². The van der Waals surface area contributed by atoms with Crippen LogP contribution in [0.25, 0.3) is 33.3 Å². The van der Waals surface area contributed by atoms with Crippen LogP contribution in [0, 0.1) is 10.1 Å². The van der Waals surface area contributed by atoms with Crippen LogP contribution in [0.15, 0.2) is 83.3 Å². The number of hydrogen-bond acceptors (Lipinski definition) is 5. The van der Waals surface area contributed by atoms with Crippen LogP contribution in [0.1, 0.15) is 10.4 Å². The van der Waals surface area contributed by atoms with Crippen LogP contribution < -0.4 is 5.32 Å². The lowest BCUT2D eigenvalue weighted by atomic mass is 10.1. The first-order valence-corrected chi connectivity index (χ1v) is 10.0. The van der Waals surface area contributed by atoms with Gasteiger partial charge >= 0.3 is 0 Å². The molecule has 0 saturated heterocycles. The van der Waals surface area contributed by atoms with Crippen molar-refractivity contribution in [1.82, 2.24) is 4.98 Å². The SMILES string of the molecule is O=C(Nc1cccc(-c2nc3c(ccc4ccccc43)o2)c1)c1cc([N+](=O)[O-])ccc1Cl. The van der Waals surface area contributed by atoms with Gasteiger partial charge in [-0.2, -0.15) is 0 Å². The Hall–Kier alpha value is -4.23. The molecular weight excluding hydrogens is 430 g/mol. The number of non-ortho nitro benzene ring substituents is 1. The van der Waals surface area contributed by atoms with E-state index in [4.69, 9.17) is 16.0 Å². The molecule has 0 saturated carbocycles. The molecule has 7 nitrogen and oxygen atoms in total.